The fourth-order valence-electron chi connectivity index (χ4n) is 4.42. The summed E-state index contributed by atoms with van der Waals surface area (Å²) in [6.07, 6.45) is 3.98. The first kappa shape index (κ1) is 28.7. The highest BCUT2D eigenvalue weighted by Crippen LogP contribution is 2.32. The molecular weight excluding hydrogens is 464 g/mol. The van der Waals surface area contributed by atoms with Crippen LogP contribution in [-0.4, -0.2) is 72.9 Å². The van der Waals surface area contributed by atoms with Gasteiger partial charge in [-0.25, -0.2) is 0 Å². The standard InChI is InChI=1S/C13H18N2O.C11H15N3O2.CH3NO2/c1-9(16)14-12-5-4-10-7-13(15(2)3)8-11(10)6-12;1-13(2)9-3-7-5-10(12)11(14(15)16)6-8(7)4-9;1-2(3)4/h4-6,13H,7-8H2,1-3H3,(H,14,16);5-6,9H,3-4,12H2,1-2H3;1H3. The van der Waals surface area contributed by atoms with E-state index in [0.717, 1.165) is 49.5 Å². The van der Waals surface area contributed by atoms with E-state index in [-0.39, 0.29) is 17.3 Å². The van der Waals surface area contributed by atoms with Crippen molar-refractivity contribution in [1.82, 2.24) is 9.80 Å². The number of nitro groups is 2. The first-order valence-corrected chi connectivity index (χ1v) is 11.6. The third-order valence-corrected chi connectivity index (χ3v) is 6.35. The highest BCUT2D eigenvalue weighted by atomic mass is 16.6. The lowest BCUT2D eigenvalue weighted by atomic mass is 10.1. The number of rotatable bonds is 4. The van der Waals surface area contributed by atoms with Crippen LogP contribution in [0.4, 0.5) is 17.1 Å². The third-order valence-electron chi connectivity index (χ3n) is 6.35. The molecule has 0 radical (unpaired) electrons. The SMILES string of the molecule is CC(=O)Nc1ccc2c(c1)CC(N(C)C)C2.CN(C)C1Cc2cc(N)c([N+](=O)[O-])cc2C1.C[N+](=O)[O-]. The molecule has 2 atom stereocenters. The van der Waals surface area contributed by atoms with Crippen molar-refractivity contribution in [1.29, 1.82) is 0 Å². The molecule has 2 aromatic rings. The van der Waals surface area contributed by atoms with Crippen molar-refractivity contribution < 1.29 is 14.6 Å². The van der Waals surface area contributed by atoms with Crippen molar-refractivity contribution in [2.45, 2.75) is 44.7 Å². The van der Waals surface area contributed by atoms with Gasteiger partial charge in [-0.05, 0) is 94.3 Å². The average Bonchev–Trinajstić information content (AvgIpc) is 3.36. The number of carbonyl (C=O) groups excluding carboxylic acids is 1. The van der Waals surface area contributed by atoms with Crippen molar-refractivity contribution in [2.24, 2.45) is 0 Å². The molecule has 3 N–H and O–H groups in total. The number of hydrogen-bond acceptors (Lipinski definition) is 8. The lowest BCUT2D eigenvalue weighted by Gasteiger charge is -2.17. The molecule has 11 heteroatoms. The van der Waals surface area contributed by atoms with Crippen LogP contribution in [-0.2, 0) is 30.5 Å². The summed E-state index contributed by atoms with van der Waals surface area (Å²) >= 11 is 0. The van der Waals surface area contributed by atoms with E-state index in [1.54, 1.807) is 12.1 Å². The highest BCUT2D eigenvalue weighted by Gasteiger charge is 2.26. The van der Waals surface area contributed by atoms with Crippen molar-refractivity contribution in [3.05, 3.63) is 72.8 Å². The normalized spacial score (nSPS) is 17.3. The van der Waals surface area contributed by atoms with Crippen LogP contribution in [0.2, 0.25) is 0 Å². The Labute approximate surface area is 211 Å². The van der Waals surface area contributed by atoms with Crippen LogP contribution in [0.3, 0.4) is 0 Å². The van der Waals surface area contributed by atoms with Gasteiger partial charge < -0.3 is 20.9 Å². The van der Waals surface area contributed by atoms with E-state index >= 15 is 0 Å². The predicted octanol–water partition coefficient (Wildman–Crippen LogP) is 2.77. The van der Waals surface area contributed by atoms with E-state index in [4.69, 9.17) is 15.8 Å². The Kier molecular flexibility index (Phi) is 9.88. The van der Waals surface area contributed by atoms with Crippen molar-refractivity contribution >= 4 is 23.0 Å². The minimum atomic E-state index is -0.500. The molecule has 2 aromatic carbocycles. The fraction of sp³-hybridized carbons (Fsp3) is 0.480. The number of nitrogens with two attached hydrogens (primary N) is 1. The molecule has 0 bridgehead atoms. The molecular formula is C25H36N6O5. The molecule has 4 rings (SSSR count). The molecule has 2 unspecified atom stereocenters. The summed E-state index contributed by atoms with van der Waals surface area (Å²) in [6.45, 7) is 1.54. The van der Waals surface area contributed by atoms with Crippen LogP contribution in [0.25, 0.3) is 0 Å². The van der Waals surface area contributed by atoms with Crippen molar-refractivity contribution in [3.8, 4) is 0 Å². The van der Waals surface area contributed by atoms with E-state index < -0.39 is 9.85 Å². The van der Waals surface area contributed by atoms with E-state index in [0.29, 0.717) is 12.1 Å². The number of anilines is 2. The molecule has 0 aliphatic heterocycles. The first-order chi connectivity index (χ1) is 16.8. The minimum Gasteiger partial charge on any atom is -0.393 e. The Hall–Kier alpha value is -3.57. The zero-order valence-electron chi connectivity index (χ0n) is 21.8. The smallest absolute Gasteiger partial charge is 0.292 e. The number of amides is 1. The molecule has 0 saturated heterocycles. The summed E-state index contributed by atoms with van der Waals surface area (Å²) in [5.41, 5.74) is 11.8. The van der Waals surface area contributed by atoms with Gasteiger partial charge in [0.25, 0.3) is 5.69 Å². The zero-order chi connectivity index (χ0) is 27.2. The number of nitro benzene ring substituents is 1. The lowest BCUT2D eigenvalue weighted by molar-refractivity contribution is -0.445. The number of nitrogens with zero attached hydrogens (tertiary/aromatic N) is 4. The van der Waals surface area contributed by atoms with Gasteiger partial charge in [0.05, 0.1) is 4.92 Å². The molecule has 0 spiro atoms. The highest BCUT2D eigenvalue weighted by molar-refractivity contribution is 5.88. The van der Waals surface area contributed by atoms with E-state index in [2.05, 4.69) is 41.3 Å². The maximum absolute atomic E-state index is 11.0. The molecule has 36 heavy (non-hydrogen) atoms. The van der Waals surface area contributed by atoms with Crippen molar-refractivity contribution in [2.75, 3.05) is 46.3 Å². The predicted molar refractivity (Wildman–Crippen MR) is 141 cm³/mol. The van der Waals surface area contributed by atoms with Gasteiger partial charge in [-0.1, -0.05) is 6.07 Å². The quantitative estimate of drug-likeness (QED) is 0.370. The number of carbonyl (C=O) groups is 1. The number of likely N-dealkylation sites (N-methyl/N-ethyl adjacent to an activating group) is 2. The van der Waals surface area contributed by atoms with Gasteiger partial charge in [0.15, 0.2) is 7.05 Å². The Balaban J connectivity index is 0.000000221. The van der Waals surface area contributed by atoms with E-state index in [1.807, 2.05) is 20.2 Å². The summed E-state index contributed by atoms with van der Waals surface area (Å²) in [5, 5.41) is 22.4. The number of fused-ring (bicyclic) bond motifs is 2. The summed E-state index contributed by atoms with van der Waals surface area (Å²) in [6, 6.07) is 10.6. The summed E-state index contributed by atoms with van der Waals surface area (Å²) in [4.78, 5) is 34.0. The number of nitrogens with one attached hydrogen (secondary N) is 1. The number of hydrogen-bond donors (Lipinski definition) is 2. The first-order valence-electron chi connectivity index (χ1n) is 11.6. The number of benzene rings is 2. The molecule has 0 aromatic heterocycles. The zero-order valence-corrected chi connectivity index (χ0v) is 21.8. The van der Waals surface area contributed by atoms with Crippen LogP contribution in [0.15, 0.2) is 30.3 Å². The van der Waals surface area contributed by atoms with Gasteiger partial charge in [-0.2, -0.15) is 0 Å². The Bertz CT molecular complexity index is 1110. The van der Waals surface area contributed by atoms with Crippen LogP contribution in [0.1, 0.15) is 29.2 Å². The summed E-state index contributed by atoms with van der Waals surface area (Å²) in [7, 11) is 9.17. The number of nitrogen functional groups attached to an aromatic ring is 1. The molecule has 0 fully saturated rings. The molecule has 1 amide bonds. The maximum Gasteiger partial charge on any atom is 0.292 e. The van der Waals surface area contributed by atoms with Gasteiger partial charge in [0, 0.05) is 35.7 Å². The molecule has 196 valence electrons. The lowest BCUT2D eigenvalue weighted by Crippen LogP contribution is -2.27. The van der Waals surface area contributed by atoms with Crippen LogP contribution in [0.5, 0.6) is 0 Å². The Morgan fingerprint density at radius 3 is 1.78 bits per heavy atom. The molecule has 0 saturated carbocycles. The molecule has 2 aliphatic carbocycles. The van der Waals surface area contributed by atoms with Gasteiger partial charge in [-0.15, -0.1) is 0 Å². The Morgan fingerprint density at radius 1 is 0.889 bits per heavy atom. The Morgan fingerprint density at radius 2 is 1.33 bits per heavy atom. The van der Waals surface area contributed by atoms with E-state index in [9.17, 15) is 14.9 Å². The monoisotopic (exact) mass is 500 g/mol. The topological polar surface area (TPSA) is 148 Å². The average molecular weight is 501 g/mol. The maximum atomic E-state index is 11.0. The fourth-order valence-corrected chi connectivity index (χ4v) is 4.42. The second kappa shape index (κ2) is 12.4. The van der Waals surface area contributed by atoms with Gasteiger partial charge in [-0.3, -0.25) is 25.0 Å². The van der Waals surface area contributed by atoms with Crippen LogP contribution < -0.4 is 11.1 Å². The summed E-state index contributed by atoms with van der Waals surface area (Å²) in [5.74, 6) is -0.0119. The van der Waals surface area contributed by atoms with Crippen molar-refractivity contribution in [3.63, 3.8) is 0 Å². The molecule has 2 aliphatic rings. The van der Waals surface area contributed by atoms with E-state index in [1.165, 1.54) is 18.1 Å². The van der Waals surface area contributed by atoms with Gasteiger partial charge in [0.1, 0.15) is 5.69 Å². The summed E-state index contributed by atoms with van der Waals surface area (Å²) < 4.78 is 0. The molecule has 0 heterocycles. The largest absolute Gasteiger partial charge is 0.393 e. The van der Waals surface area contributed by atoms with Gasteiger partial charge in [0.2, 0.25) is 5.91 Å². The second-order valence-corrected chi connectivity index (χ2v) is 9.59. The van der Waals surface area contributed by atoms with Gasteiger partial charge >= 0.3 is 0 Å². The van der Waals surface area contributed by atoms with Crippen LogP contribution in [0, 0.1) is 20.2 Å². The minimum absolute atomic E-state index is 0.0119. The van der Waals surface area contributed by atoms with Crippen LogP contribution >= 0.6 is 0 Å². The second-order valence-electron chi connectivity index (χ2n) is 9.59. The third kappa shape index (κ3) is 7.99. The molecule has 11 nitrogen and oxygen atoms in total.